The summed E-state index contributed by atoms with van der Waals surface area (Å²) in [6, 6.07) is 16.4. The standard InChI is InChI=1S/C23H26O4/c1-16-6-10-18(11-7-16)22(19-12-8-17(2)9-13-19)5-3-4-20(24)14-21(25)15-23(26)27/h3-13,20-21,24-25H,14-15H2,1-2H3,(H,26,27)/b4-3+. The quantitative estimate of drug-likeness (QED) is 0.620. The van der Waals surface area contributed by atoms with Gasteiger partial charge in [0.1, 0.15) is 0 Å². The van der Waals surface area contributed by atoms with Crippen molar-refractivity contribution in [2.24, 2.45) is 0 Å². The third-order valence-electron chi connectivity index (χ3n) is 4.25. The van der Waals surface area contributed by atoms with Crippen molar-refractivity contribution in [2.75, 3.05) is 0 Å². The van der Waals surface area contributed by atoms with Gasteiger partial charge < -0.3 is 15.3 Å². The van der Waals surface area contributed by atoms with Gasteiger partial charge in [-0.3, -0.25) is 4.79 Å². The zero-order valence-electron chi connectivity index (χ0n) is 15.7. The van der Waals surface area contributed by atoms with E-state index >= 15 is 0 Å². The minimum absolute atomic E-state index is 0.0129. The summed E-state index contributed by atoms with van der Waals surface area (Å²) in [4.78, 5) is 10.6. The number of aliphatic hydroxyl groups excluding tert-OH is 2. The second-order valence-corrected chi connectivity index (χ2v) is 6.75. The number of benzene rings is 2. The third-order valence-corrected chi connectivity index (χ3v) is 4.25. The molecule has 0 aliphatic rings. The summed E-state index contributed by atoms with van der Waals surface area (Å²) in [6.07, 6.45) is 2.86. The molecule has 0 amide bonds. The molecule has 0 saturated heterocycles. The van der Waals surface area contributed by atoms with Gasteiger partial charge in [0.25, 0.3) is 0 Å². The Labute approximate surface area is 160 Å². The molecule has 142 valence electrons. The van der Waals surface area contributed by atoms with E-state index in [1.54, 1.807) is 12.2 Å². The van der Waals surface area contributed by atoms with Gasteiger partial charge in [-0.05, 0) is 30.5 Å². The maximum absolute atomic E-state index is 10.6. The minimum atomic E-state index is -1.08. The molecule has 0 aliphatic heterocycles. The highest BCUT2D eigenvalue weighted by molar-refractivity contribution is 5.81. The number of carboxylic acids is 1. The first-order valence-corrected chi connectivity index (χ1v) is 8.95. The number of aliphatic carboxylic acids is 1. The van der Waals surface area contributed by atoms with E-state index in [1.165, 1.54) is 11.1 Å². The fourth-order valence-electron chi connectivity index (χ4n) is 2.75. The topological polar surface area (TPSA) is 77.8 Å². The molecule has 0 aromatic heterocycles. The monoisotopic (exact) mass is 366 g/mol. The van der Waals surface area contributed by atoms with E-state index in [9.17, 15) is 15.0 Å². The molecule has 0 spiro atoms. The van der Waals surface area contributed by atoms with Gasteiger partial charge >= 0.3 is 5.97 Å². The van der Waals surface area contributed by atoms with Crippen LogP contribution >= 0.6 is 0 Å². The van der Waals surface area contributed by atoms with Crippen molar-refractivity contribution >= 4 is 11.5 Å². The summed E-state index contributed by atoms with van der Waals surface area (Å²) >= 11 is 0. The molecule has 4 heteroatoms. The molecule has 0 fully saturated rings. The first-order valence-electron chi connectivity index (χ1n) is 8.95. The van der Waals surface area contributed by atoms with Crippen LogP contribution in [0.15, 0.2) is 66.8 Å². The fourth-order valence-corrected chi connectivity index (χ4v) is 2.75. The summed E-state index contributed by atoms with van der Waals surface area (Å²) in [6.45, 7) is 4.08. The van der Waals surface area contributed by atoms with Crippen molar-refractivity contribution < 1.29 is 20.1 Å². The van der Waals surface area contributed by atoms with Gasteiger partial charge in [-0.2, -0.15) is 0 Å². The van der Waals surface area contributed by atoms with Crippen molar-refractivity contribution in [1.29, 1.82) is 0 Å². The zero-order valence-corrected chi connectivity index (χ0v) is 15.7. The second kappa shape index (κ2) is 9.86. The van der Waals surface area contributed by atoms with Crippen molar-refractivity contribution in [1.82, 2.24) is 0 Å². The van der Waals surface area contributed by atoms with Crippen LogP contribution in [0.1, 0.15) is 35.1 Å². The number of allylic oxidation sites excluding steroid dienone is 2. The Kier molecular flexibility index (Phi) is 7.53. The molecule has 0 heterocycles. The fraction of sp³-hybridized carbons (Fsp3) is 0.261. The predicted octanol–water partition coefficient (Wildman–Crippen LogP) is 3.88. The average Bonchev–Trinajstić information content (AvgIpc) is 2.60. The van der Waals surface area contributed by atoms with Gasteiger partial charge in [-0.25, -0.2) is 0 Å². The van der Waals surface area contributed by atoms with Crippen molar-refractivity contribution in [3.8, 4) is 0 Å². The van der Waals surface area contributed by atoms with E-state index in [1.807, 2.05) is 19.9 Å². The van der Waals surface area contributed by atoms with E-state index in [2.05, 4.69) is 48.5 Å². The number of rotatable bonds is 8. The molecule has 3 N–H and O–H groups in total. The van der Waals surface area contributed by atoms with Crippen LogP contribution in [0.5, 0.6) is 0 Å². The number of aliphatic hydroxyl groups is 2. The van der Waals surface area contributed by atoms with Crippen molar-refractivity contribution in [2.45, 2.75) is 38.9 Å². The van der Waals surface area contributed by atoms with E-state index in [4.69, 9.17) is 5.11 Å². The molecule has 0 aliphatic carbocycles. The summed E-state index contributed by atoms with van der Waals surface area (Å²) in [5, 5.41) is 28.3. The van der Waals surface area contributed by atoms with E-state index in [0.717, 1.165) is 16.7 Å². The molecule has 2 aromatic carbocycles. The maximum Gasteiger partial charge on any atom is 0.305 e. The lowest BCUT2D eigenvalue weighted by Crippen LogP contribution is -2.19. The highest BCUT2D eigenvalue weighted by atomic mass is 16.4. The first kappa shape index (κ1) is 20.6. The second-order valence-electron chi connectivity index (χ2n) is 6.75. The molecule has 0 saturated carbocycles. The van der Waals surface area contributed by atoms with Crippen LogP contribution in [0.25, 0.3) is 5.57 Å². The third kappa shape index (κ3) is 6.85. The van der Waals surface area contributed by atoms with E-state index < -0.39 is 18.2 Å². The predicted molar refractivity (Wildman–Crippen MR) is 107 cm³/mol. The Balaban J connectivity index is 2.21. The van der Waals surface area contributed by atoms with Crippen LogP contribution in [0.2, 0.25) is 0 Å². The molecule has 0 bridgehead atoms. The highest BCUT2D eigenvalue weighted by Gasteiger charge is 2.13. The maximum atomic E-state index is 10.6. The van der Waals surface area contributed by atoms with Crippen molar-refractivity contribution in [3.05, 3.63) is 89.0 Å². The van der Waals surface area contributed by atoms with Crippen LogP contribution in [0.3, 0.4) is 0 Å². The molecule has 27 heavy (non-hydrogen) atoms. The lowest BCUT2D eigenvalue weighted by molar-refractivity contribution is -0.139. The van der Waals surface area contributed by atoms with Crippen LogP contribution in [0, 0.1) is 13.8 Å². The average molecular weight is 366 g/mol. The summed E-state index contributed by atoms with van der Waals surface area (Å²) in [7, 11) is 0. The molecular weight excluding hydrogens is 340 g/mol. The Hall–Kier alpha value is -2.69. The Morgan fingerprint density at radius 1 is 0.926 bits per heavy atom. The largest absolute Gasteiger partial charge is 0.481 e. The molecule has 4 nitrogen and oxygen atoms in total. The SMILES string of the molecule is Cc1ccc(C(=C/C=C/C(O)CC(O)CC(=O)O)c2ccc(C)cc2)cc1. The normalized spacial score (nSPS) is 13.3. The summed E-state index contributed by atoms with van der Waals surface area (Å²) in [5.41, 5.74) is 5.51. The Morgan fingerprint density at radius 3 is 1.85 bits per heavy atom. The van der Waals surface area contributed by atoms with E-state index in [0.29, 0.717) is 0 Å². The molecule has 2 unspecified atom stereocenters. The summed E-state index contributed by atoms with van der Waals surface area (Å²) in [5.74, 6) is -1.08. The van der Waals surface area contributed by atoms with Crippen molar-refractivity contribution in [3.63, 3.8) is 0 Å². The first-order chi connectivity index (χ1) is 12.8. The van der Waals surface area contributed by atoms with Gasteiger partial charge in [0.15, 0.2) is 0 Å². The van der Waals surface area contributed by atoms with Gasteiger partial charge in [-0.1, -0.05) is 77.9 Å². The van der Waals surface area contributed by atoms with Crippen LogP contribution in [0.4, 0.5) is 0 Å². The Bertz CT molecular complexity index is 754. The van der Waals surface area contributed by atoms with Gasteiger partial charge in [0.2, 0.25) is 0 Å². The van der Waals surface area contributed by atoms with E-state index in [-0.39, 0.29) is 12.8 Å². The molecular formula is C23H26O4. The minimum Gasteiger partial charge on any atom is -0.481 e. The molecule has 2 atom stereocenters. The van der Waals surface area contributed by atoms with Gasteiger partial charge in [0.05, 0.1) is 18.6 Å². The highest BCUT2D eigenvalue weighted by Crippen LogP contribution is 2.24. The molecule has 0 radical (unpaired) electrons. The number of aryl methyl sites for hydroxylation is 2. The van der Waals surface area contributed by atoms with Crippen LogP contribution in [-0.4, -0.2) is 33.5 Å². The molecule has 2 rings (SSSR count). The van der Waals surface area contributed by atoms with Crippen LogP contribution in [-0.2, 0) is 4.79 Å². The van der Waals surface area contributed by atoms with Gasteiger partial charge in [-0.15, -0.1) is 0 Å². The number of hydrogen-bond donors (Lipinski definition) is 3. The number of carbonyl (C=O) groups is 1. The zero-order chi connectivity index (χ0) is 19.8. The van der Waals surface area contributed by atoms with Crippen LogP contribution < -0.4 is 0 Å². The van der Waals surface area contributed by atoms with Gasteiger partial charge in [0, 0.05) is 6.42 Å². The summed E-state index contributed by atoms with van der Waals surface area (Å²) < 4.78 is 0. The lowest BCUT2D eigenvalue weighted by Gasteiger charge is -2.11. The molecule has 2 aromatic rings. The number of carboxylic acid groups (broad SMARTS) is 1. The smallest absolute Gasteiger partial charge is 0.305 e. The number of hydrogen-bond acceptors (Lipinski definition) is 3. The Morgan fingerprint density at radius 2 is 1.41 bits per heavy atom. The lowest BCUT2D eigenvalue weighted by atomic mass is 9.96.